The molecular formula is C19H16F4N4O4. The summed E-state index contributed by atoms with van der Waals surface area (Å²) in [6, 6.07) is 8.68. The number of para-hydroxylation sites is 1. The van der Waals surface area contributed by atoms with E-state index in [-0.39, 0.29) is 17.7 Å². The van der Waals surface area contributed by atoms with Crippen LogP contribution in [-0.4, -0.2) is 32.9 Å². The molecule has 0 radical (unpaired) electrons. The van der Waals surface area contributed by atoms with E-state index >= 15 is 0 Å². The number of hydrogen-bond donors (Lipinski definition) is 1. The van der Waals surface area contributed by atoms with E-state index in [1.807, 2.05) is 0 Å². The number of halogens is 4. The number of hydrogen-bond acceptors (Lipinski definition) is 5. The van der Waals surface area contributed by atoms with E-state index in [0.29, 0.717) is 11.1 Å². The van der Waals surface area contributed by atoms with Crippen LogP contribution in [0.15, 0.2) is 48.8 Å². The van der Waals surface area contributed by atoms with E-state index in [0.717, 1.165) is 12.1 Å². The highest BCUT2D eigenvalue weighted by Crippen LogP contribution is 2.28. The maximum Gasteiger partial charge on any atom is 0.461 e. The molecule has 1 atom stereocenters. The minimum atomic E-state index is -4.61. The molecule has 3 rings (SSSR count). The third-order valence-electron chi connectivity index (χ3n) is 4.39. The Hall–Kier alpha value is -3.70. The summed E-state index contributed by atoms with van der Waals surface area (Å²) in [6.45, 7) is 1.38. The van der Waals surface area contributed by atoms with E-state index < -0.39 is 35.2 Å². The molecule has 1 amide bonds. The molecule has 164 valence electrons. The lowest BCUT2D eigenvalue weighted by Crippen LogP contribution is -2.33. The van der Waals surface area contributed by atoms with Crippen LogP contribution in [0, 0.1) is 10.1 Å². The molecule has 0 bridgehead atoms. The van der Waals surface area contributed by atoms with Crippen molar-refractivity contribution in [3.63, 3.8) is 0 Å². The van der Waals surface area contributed by atoms with Gasteiger partial charge in [0, 0.05) is 6.07 Å². The molecule has 0 spiro atoms. The predicted octanol–water partition coefficient (Wildman–Crippen LogP) is 4.06. The summed E-state index contributed by atoms with van der Waals surface area (Å²) >= 11 is 0. The van der Waals surface area contributed by atoms with Crippen LogP contribution in [0.3, 0.4) is 0 Å². The van der Waals surface area contributed by atoms with Gasteiger partial charge in [-0.3, -0.25) is 14.9 Å². The second-order valence-corrected chi connectivity index (χ2v) is 6.60. The fraction of sp³-hybridized carbons (Fsp3) is 0.263. The van der Waals surface area contributed by atoms with Gasteiger partial charge in [0.25, 0.3) is 5.69 Å². The Morgan fingerprint density at radius 3 is 2.55 bits per heavy atom. The van der Waals surface area contributed by atoms with Crippen LogP contribution in [0.1, 0.15) is 18.5 Å². The zero-order valence-corrected chi connectivity index (χ0v) is 16.0. The smallest absolute Gasteiger partial charge is 0.428 e. The summed E-state index contributed by atoms with van der Waals surface area (Å²) in [4.78, 5) is 27.1. The molecule has 31 heavy (non-hydrogen) atoms. The molecule has 0 saturated carbocycles. The van der Waals surface area contributed by atoms with Crippen LogP contribution in [0.2, 0.25) is 0 Å². The zero-order valence-electron chi connectivity index (χ0n) is 16.0. The highest BCUT2D eigenvalue weighted by atomic mass is 19.3. The summed E-state index contributed by atoms with van der Waals surface area (Å²) in [5.74, 6) is -0.931. The Labute approximate surface area is 172 Å². The highest BCUT2D eigenvalue weighted by molar-refractivity contribution is 5.87. The SMILES string of the molecule is CC(NC(=O)Cn1cnc2cccc([N+](=O)[O-])c21)c1ccc(OC(F)(F)C(F)F)cc1. The average molecular weight is 440 g/mol. The van der Waals surface area contributed by atoms with Crippen molar-refractivity contribution in [1.82, 2.24) is 14.9 Å². The number of carbonyl (C=O) groups excluding carboxylic acids is 1. The van der Waals surface area contributed by atoms with Crippen molar-refractivity contribution in [2.45, 2.75) is 32.0 Å². The largest absolute Gasteiger partial charge is 0.461 e. The molecular weight excluding hydrogens is 424 g/mol. The molecule has 0 saturated heterocycles. The van der Waals surface area contributed by atoms with Gasteiger partial charge in [-0.2, -0.15) is 17.6 Å². The maximum absolute atomic E-state index is 13.0. The van der Waals surface area contributed by atoms with Crippen molar-refractivity contribution >= 4 is 22.6 Å². The summed E-state index contributed by atoms with van der Waals surface area (Å²) in [5.41, 5.74) is 0.887. The summed E-state index contributed by atoms with van der Waals surface area (Å²) in [7, 11) is 0. The molecule has 0 aliphatic rings. The van der Waals surface area contributed by atoms with E-state index in [9.17, 15) is 32.5 Å². The Kier molecular flexibility index (Phi) is 6.09. The molecule has 1 N–H and O–H groups in total. The van der Waals surface area contributed by atoms with E-state index in [1.54, 1.807) is 13.0 Å². The molecule has 12 heteroatoms. The van der Waals surface area contributed by atoms with Crippen molar-refractivity contribution in [2.75, 3.05) is 0 Å². The quantitative estimate of drug-likeness (QED) is 0.324. The van der Waals surface area contributed by atoms with Gasteiger partial charge in [-0.15, -0.1) is 0 Å². The van der Waals surface area contributed by atoms with Crippen molar-refractivity contribution in [2.24, 2.45) is 0 Å². The fourth-order valence-electron chi connectivity index (χ4n) is 2.93. The number of benzene rings is 2. The third-order valence-corrected chi connectivity index (χ3v) is 4.39. The molecule has 2 aromatic carbocycles. The lowest BCUT2D eigenvalue weighted by atomic mass is 10.1. The minimum absolute atomic E-state index is 0.188. The number of nitro groups is 1. The summed E-state index contributed by atoms with van der Waals surface area (Å²) in [6.07, 6.45) is -7.27. The normalized spacial score (nSPS) is 12.7. The Morgan fingerprint density at radius 1 is 1.26 bits per heavy atom. The first-order valence-electron chi connectivity index (χ1n) is 8.91. The standard InChI is InChI=1S/C19H16F4N4O4/c1-11(12-5-7-13(8-6-12)31-19(22,23)18(20)21)25-16(28)9-26-10-24-14-3-2-4-15(17(14)26)27(29)30/h2-8,10-11,18H,9H2,1H3,(H,25,28). The number of fused-ring (bicyclic) bond motifs is 1. The van der Waals surface area contributed by atoms with E-state index in [1.165, 1.54) is 35.2 Å². The first-order valence-corrected chi connectivity index (χ1v) is 8.91. The molecule has 1 heterocycles. The van der Waals surface area contributed by atoms with Gasteiger partial charge in [0.1, 0.15) is 17.8 Å². The van der Waals surface area contributed by atoms with Gasteiger partial charge in [-0.1, -0.05) is 18.2 Å². The summed E-state index contributed by atoms with van der Waals surface area (Å²) in [5, 5.41) is 13.9. The Bertz CT molecular complexity index is 1100. The number of aromatic nitrogens is 2. The molecule has 0 aliphatic carbocycles. The molecule has 1 unspecified atom stereocenters. The molecule has 3 aromatic rings. The first kappa shape index (κ1) is 22.0. The number of alkyl halides is 4. The minimum Gasteiger partial charge on any atom is -0.428 e. The Morgan fingerprint density at radius 2 is 1.94 bits per heavy atom. The number of carbonyl (C=O) groups is 1. The van der Waals surface area contributed by atoms with E-state index in [2.05, 4.69) is 15.0 Å². The van der Waals surface area contributed by atoms with Gasteiger partial charge >= 0.3 is 12.5 Å². The van der Waals surface area contributed by atoms with Gasteiger partial charge in [-0.05, 0) is 30.7 Å². The molecule has 0 fully saturated rings. The number of nitro benzene ring substituents is 1. The zero-order chi connectivity index (χ0) is 22.8. The van der Waals surface area contributed by atoms with Crippen LogP contribution in [-0.2, 0) is 11.3 Å². The highest BCUT2D eigenvalue weighted by Gasteiger charge is 2.43. The number of nitrogens with zero attached hydrogens (tertiary/aromatic N) is 3. The van der Waals surface area contributed by atoms with Crippen molar-refractivity contribution in [1.29, 1.82) is 0 Å². The van der Waals surface area contributed by atoms with E-state index in [4.69, 9.17) is 0 Å². The van der Waals surface area contributed by atoms with Gasteiger partial charge in [0.05, 0.1) is 22.8 Å². The number of imidazole rings is 1. The predicted molar refractivity (Wildman–Crippen MR) is 101 cm³/mol. The maximum atomic E-state index is 13.0. The number of rotatable bonds is 8. The summed E-state index contributed by atoms with van der Waals surface area (Å²) < 4.78 is 55.6. The number of nitrogens with one attached hydrogen (secondary N) is 1. The monoisotopic (exact) mass is 440 g/mol. The Balaban J connectivity index is 1.68. The molecule has 1 aromatic heterocycles. The van der Waals surface area contributed by atoms with Crippen molar-refractivity contribution in [3.8, 4) is 5.75 Å². The second kappa shape index (κ2) is 8.58. The fourth-order valence-corrected chi connectivity index (χ4v) is 2.93. The third kappa shape index (κ3) is 4.90. The number of ether oxygens (including phenoxy) is 1. The van der Waals surface area contributed by atoms with Crippen LogP contribution >= 0.6 is 0 Å². The van der Waals surface area contributed by atoms with Gasteiger partial charge in [0.2, 0.25) is 5.91 Å². The average Bonchev–Trinajstić information content (AvgIpc) is 3.10. The number of non-ortho nitro benzene ring substituents is 1. The number of amides is 1. The van der Waals surface area contributed by atoms with Crippen molar-refractivity contribution < 1.29 is 32.0 Å². The lowest BCUT2D eigenvalue weighted by molar-refractivity contribution is -0.383. The van der Waals surface area contributed by atoms with Gasteiger partial charge < -0.3 is 14.6 Å². The van der Waals surface area contributed by atoms with Crippen LogP contribution < -0.4 is 10.1 Å². The van der Waals surface area contributed by atoms with Crippen LogP contribution in [0.5, 0.6) is 5.75 Å². The van der Waals surface area contributed by atoms with Gasteiger partial charge in [0.15, 0.2) is 0 Å². The van der Waals surface area contributed by atoms with Crippen molar-refractivity contribution in [3.05, 3.63) is 64.5 Å². The van der Waals surface area contributed by atoms with Crippen LogP contribution in [0.4, 0.5) is 23.2 Å². The van der Waals surface area contributed by atoms with Gasteiger partial charge in [-0.25, -0.2) is 4.98 Å². The lowest BCUT2D eigenvalue weighted by Gasteiger charge is -2.18. The topological polar surface area (TPSA) is 99.3 Å². The van der Waals surface area contributed by atoms with Crippen LogP contribution in [0.25, 0.3) is 11.0 Å². The second-order valence-electron chi connectivity index (χ2n) is 6.60. The molecule has 0 aliphatic heterocycles. The first-order chi connectivity index (χ1) is 14.6. The molecule has 8 nitrogen and oxygen atoms in total.